The Hall–Kier alpha value is -2.04. The Labute approximate surface area is 119 Å². The van der Waals surface area contributed by atoms with Gasteiger partial charge in [-0.1, -0.05) is 6.07 Å². The maximum absolute atomic E-state index is 12.2. The number of rotatable bonds is 3. The quantitative estimate of drug-likeness (QED) is 0.817. The number of nitrogens with one attached hydrogen (secondary N) is 1. The summed E-state index contributed by atoms with van der Waals surface area (Å²) in [6, 6.07) is 4.68. The van der Waals surface area contributed by atoms with Gasteiger partial charge in [0.2, 0.25) is 5.91 Å². The fourth-order valence-corrected chi connectivity index (χ4v) is 2.43. The number of nitrogens with two attached hydrogens (primary N) is 1. The minimum absolute atomic E-state index is 0.0163. The molecule has 1 aromatic carbocycles. The van der Waals surface area contributed by atoms with Gasteiger partial charge < -0.3 is 16.0 Å². The first-order valence-electron chi connectivity index (χ1n) is 6.95. The van der Waals surface area contributed by atoms with E-state index >= 15 is 0 Å². The van der Waals surface area contributed by atoms with Crippen molar-refractivity contribution >= 4 is 17.5 Å². The highest BCUT2D eigenvalue weighted by Gasteiger charge is 2.24. The van der Waals surface area contributed by atoms with E-state index in [9.17, 15) is 9.59 Å². The standard InChI is InChI=1S/C15H21N3O2/c1-10-5-6-12(16)9-13(10)14(19)17-11(2)15(20)18-7-3-4-8-18/h5-6,9,11H,3-4,7-8,16H2,1-2H3,(H,17,19). The van der Waals surface area contributed by atoms with Crippen molar-refractivity contribution in [2.24, 2.45) is 0 Å². The lowest BCUT2D eigenvalue weighted by Crippen LogP contribution is -2.46. The molecule has 0 saturated carbocycles. The van der Waals surface area contributed by atoms with Gasteiger partial charge in [0.1, 0.15) is 6.04 Å². The molecule has 3 N–H and O–H groups in total. The Balaban J connectivity index is 2.03. The molecule has 1 unspecified atom stereocenters. The van der Waals surface area contributed by atoms with Gasteiger partial charge in [0, 0.05) is 24.3 Å². The summed E-state index contributed by atoms with van der Waals surface area (Å²) in [6.45, 7) is 5.15. The second kappa shape index (κ2) is 5.94. The number of nitrogens with zero attached hydrogens (tertiary/aromatic N) is 1. The SMILES string of the molecule is Cc1ccc(N)cc1C(=O)NC(C)C(=O)N1CCCC1. The van der Waals surface area contributed by atoms with Crippen LogP contribution in [0.25, 0.3) is 0 Å². The van der Waals surface area contributed by atoms with Crippen molar-refractivity contribution in [2.75, 3.05) is 18.8 Å². The molecule has 2 rings (SSSR count). The van der Waals surface area contributed by atoms with Crippen LogP contribution in [0.1, 0.15) is 35.7 Å². The molecule has 1 fully saturated rings. The highest BCUT2D eigenvalue weighted by Crippen LogP contribution is 2.13. The van der Waals surface area contributed by atoms with E-state index in [0.29, 0.717) is 11.3 Å². The summed E-state index contributed by atoms with van der Waals surface area (Å²) in [5.74, 6) is -0.271. The number of carbonyl (C=O) groups is 2. The first kappa shape index (κ1) is 14.4. The van der Waals surface area contributed by atoms with E-state index < -0.39 is 6.04 Å². The van der Waals surface area contributed by atoms with Crippen molar-refractivity contribution in [3.8, 4) is 0 Å². The van der Waals surface area contributed by atoms with E-state index in [0.717, 1.165) is 31.5 Å². The van der Waals surface area contributed by atoms with Gasteiger partial charge in [-0.25, -0.2) is 0 Å². The summed E-state index contributed by atoms with van der Waals surface area (Å²) in [5, 5.41) is 2.76. The average Bonchev–Trinajstić information content (AvgIpc) is 2.94. The lowest BCUT2D eigenvalue weighted by molar-refractivity contribution is -0.131. The molecule has 2 amide bonds. The molecule has 1 heterocycles. The lowest BCUT2D eigenvalue weighted by Gasteiger charge is -2.21. The Kier molecular flexibility index (Phi) is 4.27. The lowest BCUT2D eigenvalue weighted by atomic mass is 10.1. The summed E-state index contributed by atoms with van der Waals surface area (Å²) < 4.78 is 0. The summed E-state index contributed by atoms with van der Waals surface area (Å²) in [5.41, 5.74) is 7.61. The third-order valence-electron chi connectivity index (χ3n) is 3.64. The normalized spacial score (nSPS) is 16.0. The van der Waals surface area contributed by atoms with Crippen LogP contribution >= 0.6 is 0 Å². The maximum Gasteiger partial charge on any atom is 0.252 e. The largest absolute Gasteiger partial charge is 0.399 e. The molecule has 5 nitrogen and oxygen atoms in total. The molecule has 1 aliphatic heterocycles. The van der Waals surface area contributed by atoms with Gasteiger partial charge in [-0.2, -0.15) is 0 Å². The Morgan fingerprint density at radius 2 is 1.95 bits per heavy atom. The molecule has 5 heteroatoms. The fraction of sp³-hybridized carbons (Fsp3) is 0.467. The van der Waals surface area contributed by atoms with E-state index in [1.54, 1.807) is 30.0 Å². The molecule has 1 saturated heterocycles. The van der Waals surface area contributed by atoms with Crippen LogP contribution < -0.4 is 11.1 Å². The van der Waals surface area contributed by atoms with Crippen LogP contribution in [0.4, 0.5) is 5.69 Å². The number of hydrogen-bond acceptors (Lipinski definition) is 3. The molecule has 0 radical (unpaired) electrons. The zero-order valence-electron chi connectivity index (χ0n) is 12.0. The average molecular weight is 275 g/mol. The molecule has 0 aromatic heterocycles. The molecule has 0 bridgehead atoms. The van der Waals surface area contributed by atoms with Crippen molar-refractivity contribution in [1.82, 2.24) is 10.2 Å². The zero-order chi connectivity index (χ0) is 14.7. The van der Waals surface area contributed by atoms with Crippen molar-refractivity contribution in [3.05, 3.63) is 29.3 Å². The number of carbonyl (C=O) groups excluding carboxylic acids is 2. The highest BCUT2D eigenvalue weighted by atomic mass is 16.2. The molecule has 1 aliphatic rings. The van der Waals surface area contributed by atoms with Crippen molar-refractivity contribution in [2.45, 2.75) is 32.7 Å². The molecule has 108 valence electrons. The minimum atomic E-state index is -0.513. The summed E-state index contributed by atoms with van der Waals surface area (Å²) >= 11 is 0. The first-order chi connectivity index (χ1) is 9.49. The van der Waals surface area contributed by atoms with Gasteiger partial charge in [0.15, 0.2) is 0 Å². The van der Waals surface area contributed by atoms with Crippen LogP contribution in [0, 0.1) is 6.92 Å². The van der Waals surface area contributed by atoms with E-state index in [-0.39, 0.29) is 11.8 Å². The monoisotopic (exact) mass is 275 g/mol. The van der Waals surface area contributed by atoms with Gasteiger partial charge in [0.25, 0.3) is 5.91 Å². The fourth-order valence-electron chi connectivity index (χ4n) is 2.43. The van der Waals surface area contributed by atoms with Crippen molar-refractivity contribution in [3.63, 3.8) is 0 Å². The van der Waals surface area contributed by atoms with Gasteiger partial charge in [-0.3, -0.25) is 9.59 Å². The number of hydrogen-bond donors (Lipinski definition) is 2. The van der Waals surface area contributed by atoms with Crippen LogP contribution in [0.2, 0.25) is 0 Å². The minimum Gasteiger partial charge on any atom is -0.399 e. The van der Waals surface area contributed by atoms with E-state index in [1.807, 2.05) is 6.92 Å². The number of benzene rings is 1. The van der Waals surface area contributed by atoms with Crippen LogP contribution in [-0.2, 0) is 4.79 Å². The summed E-state index contributed by atoms with van der Waals surface area (Å²) in [7, 11) is 0. The van der Waals surface area contributed by atoms with Crippen molar-refractivity contribution in [1.29, 1.82) is 0 Å². The Morgan fingerprint density at radius 3 is 2.60 bits per heavy atom. The van der Waals surface area contributed by atoms with Gasteiger partial charge in [0.05, 0.1) is 0 Å². The first-order valence-corrected chi connectivity index (χ1v) is 6.95. The number of likely N-dealkylation sites (tertiary alicyclic amines) is 1. The maximum atomic E-state index is 12.2. The number of amides is 2. The van der Waals surface area contributed by atoms with Crippen LogP contribution in [0.5, 0.6) is 0 Å². The van der Waals surface area contributed by atoms with E-state index in [4.69, 9.17) is 5.73 Å². The smallest absolute Gasteiger partial charge is 0.252 e. The zero-order valence-corrected chi connectivity index (χ0v) is 12.0. The molecular formula is C15H21N3O2. The summed E-state index contributed by atoms with van der Waals surface area (Å²) in [4.78, 5) is 26.2. The highest BCUT2D eigenvalue weighted by molar-refractivity contribution is 5.99. The third-order valence-corrected chi connectivity index (χ3v) is 3.64. The predicted octanol–water partition coefficient (Wildman–Crippen LogP) is 1.32. The van der Waals surface area contributed by atoms with Crippen LogP contribution in [0.3, 0.4) is 0 Å². The topological polar surface area (TPSA) is 75.4 Å². The van der Waals surface area contributed by atoms with Gasteiger partial charge >= 0.3 is 0 Å². The second-order valence-corrected chi connectivity index (χ2v) is 5.30. The molecular weight excluding hydrogens is 254 g/mol. The number of aryl methyl sites for hydroxylation is 1. The molecule has 1 atom stereocenters. The predicted molar refractivity (Wildman–Crippen MR) is 78.3 cm³/mol. The molecule has 0 spiro atoms. The Morgan fingerprint density at radius 1 is 1.30 bits per heavy atom. The number of anilines is 1. The summed E-state index contributed by atoms with van der Waals surface area (Å²) in [6.07, 6.45) is 2.08. The van der Waals surface area contributed by atoms with Crippen molar-refractivity contribution < 1.29 is 9.59 Å². The van der Waals surface area contributed by atoms with E-state index in [1.165, 1.54) is 0 Å². The molecule has 0 aliphatic carbocycles. The van der Waals surface area contributed by atoms with Gasteiger partial charge in [-0.15, -0.1) is 0 Å². The number of nitrogen functional groups attached to an aromatic ring is 1. The van der Waals surface area contributed by atoms with Crippen LogP contribution in [0.15, 0.2) is 18.2 Å². The van der Waals surface area contributed by atoms with Crippen LogP contribution in [-0.4, -0.2) is 35.8 Å². The Bertz CT molecular complexity index is 522. The van der Waals surface area contributed by atoms with E-state index in [2.05, 4.69) is 5.32 Å². The molecule has 1 aromatic rings. The second-order valence-electron chi connectivity index (χ2n) is 5.30. The molecule has 20 heavy (non-hydrogen) atoms. The third kappa shape index (κ3) is 3.10. The van der Waals surface area contributed by atoms with Gasteiger partial charge in [-0.05, 0) is 44.4 Å².